The van der Waals surface area contributed by atoms with Crippen LogP contribution in [0.1, 0.15) is 13.8 Å². The zero-order valence-corrected chi connectivity index (χ0v) is 15.2. The highest BCUT2D eigenvalue weighted by molar-refractivity contribution is 7.91. The van der Waals surface area contributed by atoms with Gasteiger partial charge in [-0.05, 0) is 5.92 Å². The van der Waals surface area contributed by atoms with Crippen LogP contribution in [0.5, 0.6) is 0 Å². The van der Waals surface area contributed by atoms with Crippen LogP contribution in [0.15, 0.2) is 10.3 Å². The van der Waals surface area contributed by atoms with E-state index in [-0.39, 0.29) is 20.9 Å². The van der Waals surface area contributed by atoms with Gasteiger partial charge in [-0.25, -0.2) is 13.6 Å². The summed E-state index contributed by atoms with van der Waals surface area (Å²) >= 11 is 0.786. The Morgan fingerprint density at radius 2 is 2.08 bits per heavy atom. The fraction of sp³-hybridized carbons (Fsp3) is 0.692. The lowest BCUT2D eigenvalue weighted by atomic mass is 10.0. The predicted molar refractivity (Wildman–Crippen MR) is 91.9 cm³/mol. The Balaban J connectivity index is 2.16. The van der Waals surface area contributed by atoms with Crippen LogP contribution in [0.2, 0.25) is 0 Å². The maximum atomic E-state index is 11.4. The van der Waals surface area contributed by atoms with Crippen molar-refractivity contribution in [1.29, 1.82) is 0 Å². The number of thiophene rings is 1. The summed E-state index contributed by atoms with van der Waals surface area (Å²) in [6, 6.07) is 1.16. The van der Waals surface area contributed by atoms with Gasteiger partial charge in [-0.3, -0.25) is 15.0 Å². The monoisotopic (exact) mass is 378 g/mol. The van der Waals surface area contributed by atoms with Gasteiger partial charge in [-0.2, -0.15) is 0 Å². The Bertz CT molecular complexity index is 683. The van der Waals surface area contributed by atoms with E-state index in [1.54, 1.807) is 0 Å². The lowest BCUT2D eigenvalue weighted by molar-refractivity contribution is -0.383. The summed E-state index contributed by atoms with van der Waals surface area (Å²) in [7, 11) is -3.97. The average Bonchev–Trinajstić information content (AvgIpc) is 2.93. The fourth-order valence-electron chi connectivity index (χ4n) is 2.65. The molecule has 9 nitrogen and oxygen atoms in total. The van der Waals surface area contributed by atoms with Crippen molar-refractivity contribution in [1.82, 2.24) is 4.90 Å². The second-order valence-corrected chi connectivity index (χ2v) is 8.76. The Morgan fingerprint density at radius 1 is 1.46 bits per heavy atom. The maximum Gasteiger partial charge on any atom is 0.304 e. The zero-order valence-electron chi connectivity index (χ0n) is 13.6. The molecule has 1 aliphatic heterocycles. The van der Waals surface area contributed by atoms with Crippen LogP contribution >= 0.6 is 11.3 Å². The van der Waals surface area contributed by atoms with Crippen LogP contribution in [0, 0.1) is 16.0 Å². The van der Waals surface area contributed by atoms with Crippen LogP contribution in [0.3, 0.4) is 0 Å². The first-order valence-electron chi connectivity index (χ1n) is 7.57. The molecule has 24 heavy (non-hydrogen) atoms. The molecule has 1 fully saturated rings. The Kier molecular flexibility index (Phi) is 6.15. The third-order valence-corrected chi connectivity index (χ3v) is 6.43. The molecule has 0 aromatic carbocycles. The standard InChI is InChI=1S/C13H22N4O5S2/c1-9(2)11(16-3-5-22-6-4-16)8-15-13-10(17(18)19)7-12(23-13)24(14,20)21/h7,9,11,15H,3-6,8H2,1-2H3,(H2,14,20,21). The number of sulfonamides is 1. The molecule has 1 unspecified atom stereocenters. The number of hydrogen-bond donors (Lipinski definition) is 2. The largest absolute Gasteiger partial charge is 0.379 e. The molecular formula is C13H22N4O5S2. The van der Waals surface area contributed by atoms with Crippen LogP contribution in [-0.4, -0.2) is 57.1 Å². The fourth-order valence-corrected chi connectivity index (χ4v) is 4.41. The average molecular weight is 378 g/mol. The molecule has 1 saturated heterocycles. The summed E-state index contributed by atoms with van der Waals surface area (Å²) in [6.45, 7) is 7.58. The van der Waals surface area contributed by atoms with Crippen molar-refractivity contribution in [3.8, 4) is 0 Å². The highest BCUT2D eigenvalue weighted by atomic mass is 32.2. The summed E-state index contributed by atoms with van der Waals surface area (Å²) in [4.78, 5) is 12.8. The molecule has 0 aliphatic carbocycles. The Hall–Kier alpha value is -1.27. The predicted octanol–water partition coefficient (Wildman–Crippen LogP) is 1.07. The molecule has 1 aromatic heterocycles. The normalized spacial score (nSPS) is 17.8. The minimum absolute atomic E-state index is 0.161. The van der Waals surface area contributed by atoms with Gasteiger partial charge in [0, 0.05) is 31.7 Å². The van der Waals surface area contributed by atoms with Crippen LogP contribution in [0.4, 0.5) is 10.7 Å². The van der Waals surface area contributed by atoms with E-state index >= 15 is 0 Å². The van der Waals surface area contributed by atoms with E-state index in [0.29, 0.717) is 25.7 Å². The van der Waals surface area contributed by atoms with Gasteiger partial charge in [0.05, 0.1) is 18.1 Å². The molecule has 1 atom stereocenters. The first-order chi connectivity index (χ1) is 11.2. The Morgan fingerprint density at radius 3 is 2.58 bits per heavy atom. The van der Waals surface area contributed by atoms with E-state index in [1.165, 1.54) is 0 Å². The zero-order chi connectivity index (χ0) is 17.9. The SMILES string of the molecule is CC(C)C(CNc1sc(S(N)(=O)=O)cc1[N+](=O)[O-])N1CCOCC1. The molecule has 3 N–H and O–H groups in total. The van der Waals surface area contributed by atoms with Crippen molar-refractivity contribution in [2.24, 2.45) is 11.1 Å². The topological polar surface area (TPSA) is 128 Å². The molecule has 2 heterocycles. The van der Waals surface area contributed by atoms with Gasteiger partial charge in [0.1, 0.15) is 4.21 Å². The molecule has 2 rings (SSSR count). The van der Waals surface area contributed by atoms with Crippen molar-refractivity contribution in [2.75, 3.05) is 38.2 Å². The molecule has 1 aromatic rings. The third kappa shape index (κ3) is 4.63. The lowest BCUT2D eigenvalue weighted by Crippen LogP contribution is -2.49. The highest BCUT2D eigenvalue weighted by Crippen LogP contribution is 2.36. The van der Waals surface area contributed by atoms with E-state index in [4.69, 9.17) is 9.88 Å². The number of nitrogens with zero attached hydrogens (tertiary/aromatic N) is 2. The van der Waals surface area contributed by atoms with Gasteiger partial charge < -0.3 is 10.1 Å². The second-order valence-electron chi connectivity index (χ2n) is 5.92. The van der Waals surface area contributed by atoms with Gasteiger partial charge in [-0.15, -0.1) is 0 Å². The van der Waals surface area contributed by atoms with E-state index in [0.717, 1.165) is 30.5 Å². The van der Waals surface area contributed by atoms with E-state index in [9.17, 15) is 18.5 Å². The van der Waals surface area contributed by atoms with Crippen LogP contribution in [0.25, 0.3) is 0 Å². The van der Waals surface area contributed by atoms with Crippen molar-refractivity contribution in [3.63, 3.8) is 0 Å². The third-order valence-electron chi connectivity index (χ3n) is 3.92. The van der Waals surface area contributed by atoms with Gasteiger partial charge in [0.15, 0.2) is 5.00 Å². The molecule has 0 spiro atoms. The number of nitrogens with two attached hydrogens (primary N) is 1. The van der Waals surface area contributed by atoms with Crippen LogP contribution in [-0.2, 0) is 14.8 Å². The molecular weight excluding hydrogens is 356 g/mol. The number of primary sulfonamides is 1. The van der Waals surface area contributed by atoms with E-state index in [2.05, 4.69) is 24.1 Å². The first kappa shape index (κ1) is 19.1. The van der Waals surface area contributed by atoms with Crippen molar-refractivity contribution in [3.05, 3.63) is 16.2 Å². The number of nitro groups is 1. The lowest BCUT2D eigenvalue weighted by Gasteiger charge is -2.36. The summed E-state index contributed by atoms with van der Waals surface area (Å²) in [5.41, 5.74) is -0.270. The summed E-state index contributed by atoms with van der Waals surface area (Å²) in [5.74, 6) is 0.326. The van der Waals surface area contributed by atoms with Gasteiger partial charge in [0.25, 0.3) is 0 Å². The molecule has 0 bridgehead atoms. The number of morpholine rings is 1. The smallest absolute Gasteiger partial charge is 0.304 e. The quantitative estimate of drug-likeness (QED) is 0.536. The van der Waals surface area contributed by atoms with Gasteiger partial charge in [-0.1, -0.05) is 25.2 Å². The summed E-state index contributed by atoms with van der Waals surface area (Å²) < 4.78 is 28.0. The van der Waals surface area contributed by atoms with Gasteiger partial charge in [0.2, 0.25) is 10.0 Å². The number of ether oxygens (including phenoxy) is 1. The van der Waals surface area contributed by atoms with E-state index in [1.807, 2.05) is 0 Å². The Labute approximate surface area is 145 Å². The summed E-state index contributed by atoms with van der Waals surface area (Å²) in [5, 5.41) is 19.5. The maximum absolute atomic E-state index is 11.4. The van der Waals surface area contributed by atoms with Crippen molar-refractivity contribution in [2.45, 2.75) is 24.1 Å². The molecule has 11 heteroatoms. The molecule has 0 amide bonds. The van der Waals surface area contributed by atoms with E-state index < -0.39 is 14.9 Å². The molecule has 136 valence electrons. The number of nitrogens with one attached hydrogen (secondary N) is 1. The molecule has 1 aliphatic rings. The summed E-state index contributed by atoms with van der Waals surface area (Å²) in [6.07, 6.45) is 0. The molecule has 0 saturated carbocycles. The van der Waals surface area contributed by atoms with Crippen molar-refractivity contribution < 1.29 is 18.1 Å². The minimum atomic E-state index is -3.97. The number of rotatable bonds is 7. The first-order valence-corrected chi connectivity index (χ1v) is 9.93. The number of anilines is 1. The highest BCUT2D eigenvalue weighted by Gasteiger charge is 2.27. The number of hydrogen-bond acceptors (Lipinski definition) is 8. The van der Waals surface area contributed by atoms with Crippen LogP contribution < -0.4 is 10.5 Å². The second kappa shape index (κ2) is 7.74. The minimum Gasteiger partial charge on any atom is -0.379 e. The van der Waals surface area contributed by atoms with Gasteiger partial charge >= 0.3 is 5.69 Å². The van der Waals surface area contributed by atoms with Crippen molar-refractivity contribution >= 4 is 32.0 Å². The molecule has 0 radical (unpaired) electrons.